The van der Waals surface area contributed by atoms with Crippen molar-refractivity contribution >= 4 is 5.95 Å². The second-order valence-corrected chi connectivity index (χ2v) is 4.71. The van der Waals surface area contributed by atoms with Gasteiger partial charge in [-0.25, -0.2) is 4.98 Å². The fourth-order valence-corrected chi connectivity index (χ4v) is 2.33. The van der Waals surface area contributed by atoms with Crippen molar-refractivity contribution in [2.45, 2.75) is 6.42 Å². The van der Waals surface area contributed by atoms with Crippen LogP contribution >= 0.6 is 0 Å². The fourth-order valence-electron chi connectivity index (χ4n) is 2.33. The Bertz CT molecular complexity index is 799. The van der Waals surface area contributed by atoms with Crippen molar-refractivity contribution in [3.63, 3.8) is 0 Å². The molecule has 0 aliphatic carbocycles. The quantitative estimate of drug-likeness (QED) is 0.759. The first-order valence-electron chi connectivity index (χ1n) is 6.55. The Hall–Kier alpha value is -2.96. The van der Waals surface area contributed by atoms with Crippen molar-refractivity contribution in [1.29, 1.82) is 0 Å². The number of benzene rings is 1. The highest BCUT2D eigenvalue weighted by Crippen LogP contribution is 2.29. The number of anilines is 1. The van der Waals surface area contributed by atoms with E-state index in [1.807, 2.05) is 18.2 Å². The average molecular weight is 280 g/mol. The summed E-state index contributed by atoms with van der Waals surface area (Å²) in [7, 11) is 0. The summed E-state index contributed by atoms with van der Waals surface area (Å²) in [6.07, 6.45) is 5.94. The second-order valence-electron chi connectivity index (χ2n) is 4.71. The predicted molar refractivity (Wildman–Crippen MR) is 76.0 cm³/mol. The van der Waals surface area contributed by atoms with Crippen LogP contribution in [-0.2, 0) is 6.42 Å². The number of aromatic nitrogens is 5. The molecule has 0 spiro atoms. The molecule has 1 aliphatic rings. The molecular weight excluding hydrogens is 268 g/mol. The molecule has 0 fully saturated rings. The zero-order valence-electron chi connectivity index (χ0n) is 11.1. The third-order valence-electron chi connectivity index (χ3n) is 3.32. The highest BCUT2D eigenvalue weighted by molar-refractivity contribution is 5.60. The molecule has 3 aromatic rings. The largest absolute Gasteiger partial charge is 0.493 e. The molecule has 2 N–H and O–H groups in total. The maximum absolute atomic E-state index is 5.79. The molecule has 0 atom stereocenters. The molecule has 0 saturated heterocycles. The van der Waals surface area contributed by atoms with E-state index >= 15 is 0 Å². The van der Waals surface area contributed by atoms with Crippen molar-refractivity contribution in [3.05, 3.63) is 42.5 Å². The van der Waals surface area contributed by atoms with Gasteiger partial charge in [-0.1, -0.05) is 0 Å². The van der Waals surface area contributed by atoms with Crippen LogP contribution < -0.4 is 10.5 Å². The Morgan fingerprint density at radius 2 is 2.14 bits per heavy atom. The fraction of sp³-hybridized carbons (Fsp3) is 0.143. The molecule has 7 nitrogen and oxygen atoms in total. The molecule has 2 aromatic heterocycles. The number of hydrogen-bond donors (Lipinski definition) is 1. The first-order chi connectivity index (χ1) is 10.3. The van der Waals surface area contributed by atoms with Gasteiger partial charge < -0.3 is 10.5 Å². The number of imidazole rings is 1. The van der Waals surface area contributed by atoms with E-state index in [1.165, 1.54) is 0 Å². The van der Waals surface area contributed by atoms with Crippen molar-refractivity contribution in [2.75, 3.05) is 12.3 Å². The number of ether oxygens (including phenoxy) is 1. The summed E-state index contributed by atoms with van der Waals surface area (Å²) < 4.78 is 7.20. The summed E-state index contributed by atoms with van der Waals surface area (Å²) in [6.45, 7) is 0.721. The van der Waals surface area contributed by atoms with Crippen molar-refractivity contribution in [3.8, 4) is 23.1 Å². The SMILES string of the molecule is Nc1nc(-c2ccc3c(c2)CCO3)nc(-n2ccnc2)n1. The van der Waals surface area contributed by atoms with Crippen LogP contribution in [0.4, 0.5) is 5.95 Å². The maximum atomic E-state index is 5.79. The summed E-state index contributed by atoms with van der Waals surface area (Å²) in [4.78, 5) is 16.8. The topological polar surface area (TPSA) is 91.7 Å². The van der Waals surface area contributed by atoms with Gasteiger partial charge in [0.05, 0.1) is 6.61 Å². The first-order valence-corrected chi connectivity index (χ1v) is 6.55. The highest BCUT2D eigenvalue weighted by atomic mass is 16.5. The number of hydrogen-bond acceptors (Lipinski definition) is 6. The third-order valence-corrected chi connectivity index (χ3v) is 3.32. The summed E-state index contributed by atoms with van der Waals surface area (Å²) in [6, 6.07) is 5.90. The van der Waals surface area contributed by atoms with Crippen molar-refractivity contribution in [2.24, 2.45) is 0 Å². The van der Waals surface area contributed by atoms with Gasteiger partial charge >= 0.3 is 0 Å². The van der Waals surface area contributed by atoms with E-state index in [0.29, 0.717) is 11.8 Å². The van der Waals surface area contributed by atoms with E-state index in [0.717, 1.165) is 29.9 Å². The Morgan fingerprint density at radius 3 is 3.00 bits per heavy atom. The van der Waals surface area contributed by atoms with Crippen LogP contribution in [0.1, 0.15) is 5.56 Å². The minimum absolute atomic E-state index is 0.181. The predicted octanol–water partition coefficient (Wildman–Crippen LogP) is 1.24. The molecule has 1 aromatic carbocycles. The molecule has 104 valence electrons. The van der Waals surface area contributed by atoms with Gasteiger partial charge in [0.15, 0.2) is 5.82 Å². The van der Waals surface area contributed by atoms with E-state index in [4.69, 9.17) is 10.5 Å². The van der Waals surface area contributed by atoms with Gasteiger partial charge in [-0.3, -0.25) is 4.57 Å². The van der Waals surface area contributed by atoms with Crippen LogP contribution in [0.25, 0.3) is 17.3 Å². The molecule has 0 radical (unpaired) electrons. The lowest BCUT2D eigenvalue weighted by atomic mass is 10.1. The lowest BCUT2D eigenvalue weighted by molar-refractivity contribution is 0.357. The lowest BCUT2D eigenvalue weighted by Crippen LogP contribution is -2.06. The Labute approximate surface area is 120 Å². The molecule has 3 heterocycles. The van der Waals surface area contributed by atoms with Gasteiger partial charge in [-0.05, 0) is 23.8 Å². The Kier molecular flexibility index (Phi) is 2.56. The van der Waals surface area contributed by atoms with Crippen molar-refractivity contribution in [1.82, 2.24) is 24.5 Å². The van der Waals surface area contributed by atoms with Crippen LogP contribution in [0.2, 0.25) is 0 Å². The van der Waals surface area contributed by atoms with Crippen LogP contribution in [0.15, 0.2) is 36.9 Å². The molecule has 4 rings (SSSR count). The minimum Gasteiger partial charge on any atom is -0.493 e. The van der Waals surface area contributed by atoms with E-state index in [9.17, 15) is 0 Å². The summed E-state index contributed by atoms with van der Waals surface area (Å²) in [5, 5.41) is 0. The Morgan fingerprint density at radius 1 is 1.19 bits per heavy atom. The first kappa shape index (κ1) is 11.8. The molecule has 0 amide bonds. The zero-order valence-corrected chi connectivity index (χ0v) is 11.1. The van der Waals surface area contributed by atoms with E-state index in [-0.39, 0.29) is 5.95 Å². The van der Waals surface area contributed by atoms with Crippen LogP contribution in [-0.4, -0.2) is 31.1 Å². The molecular formula is C14H12N6O. The monoisotopic (exact) mass is 280 g/mol. The zero-order chi connectivity index (χ0) is 14.2. The Balaban J connectivity index is 1.81. The van der Waals surface area contributed by atoms with Gasteiger partial charge in [0.1, 0.15) is 12.1 Å². The normalized spacial score (nSPS) is 13.0. The number of rotatable bonds is 2. The maximum Gasteiger partial charge on any atom is 0.240 e. The molecule has 21 heavy (non-hydrogen) atoms. The molecule has 0 saturated carbocycles. The molecule has 1 aliphatic heterocycles. The number of nitrogens with two attached hydrogens (primary N) is 1. The van der Waals surface area contributed by atoms with Crippen LogP contribution in [0.5, 0.6) is 5.75 Å². The van der Waals surface area contributed by atoms with Crippen LogP contribution in [0, 0.1) is 0 Å². The van der Waals surface area contributed by atoms with E-state index in [1.54, 1.807) is 23.3 Å². The van der Waals surface area contributed by atoms with Gasteiger partial charge in [-0.15, -0.1) is 0 Å². The van der Waals surface area contributed by atoms with Gasteiger partial charge in [0, 0.05) is 24.4 Å². The average Bonchev–Trinajstić information content (AvgIpc) is 3.17. The summed E-state index contributed by atoms with van der Waals surface area (Å²) in [5.74, 6) is 2.10. The summed E-state index contributed by atoms with van der Waals surface area (Å²) in [5.41, 5.74) is 7.86. The molecule has 7 heteroatoms. The molecule has 0 unspecified atom stereocenters. The van der Waals surface area contributed by atoms with E-state index in [2.05, 4.69) is 19.9 Å². The second kappa shape index (κ2) is 4.55. The number of fused-ring (bicyclic) bond motifs is 1. The van der Waals surface area contributed by atoms with Gasteiger partial charge in [0.2, 0.25) is 11.9 Å². The van der Waals surface area contributed by atoms with Crippen molar-refractivity contribution < 1.29 is 4.74 Å². The van der Waals surface area contributed by atoms with Gasteiger partial charge in [0.25, 0.3) is 0 Å². The summed E-state index contributed by atoms with van der Waals surface area (Å²) >= 11 is 0. The highest BCUT2D eigenvalue weighted by Gasteiger charge is 2.15. The standard InChI is InChI=1S/C14H12N6O/c15-13-17-12(18-14(19-13)20-5-4-16-8-20)10-1-2-11-9(7-10)3-6-21-11/h1-2,4-5,7-8H,3,6H2,(H2,15,17,18,19). The van der Waals surface area contributed by atoms with Gasteiger partial charge in [-0.2, -0.15) is 15.0 Å². The minimum atomic E-state index is 0.181. The third kappa shape index (κ3) is 2.08. The van der Waals surface area contributed by atoms with Crippen LogP contribution in [0.3, 0.4) is 0 Å². The smallest absolute Gasteiger partial charge is 0.240 e. The van der Waals surface area contributed by atoms with E-state index < -0.39 is 0 Å². The number of nitrogen functional groups attached to an aromatic ring is 1. The molecule has 0 bridgehead atoms. The number of nitrogens with zero attached hydrogens (tertiary/aromatic N) is 5. The lowest BCUT2D eigenvalue weighted by Gasteiger charge is -2.06.